The summed E-state index contributed by atoms with van der Waals surface area (Å²) in [6, 6.07) is 0. The molecule has 0 amide bonds. The molecule has 0 aromatic rings. The molecule has 0 saturated heterocycles. The molecule has 1 radical (unpaired) electrons. The molecule has 0 atom stereocenters. The fourth-order valence-corrected chi connectivity index (χ4v) is 0.859. The lowest BCUT2D eigenvalue weighted by Gasteiger charge is -1.95. The van der Waals surface area contributed by atoms with E-state index >= 15 is 0 Å². The van der Waals surface area contributed by atoms with Crippen molar-refractivity contribution in [1.29, 1.82) is 0 Å². The van der Waals surface area contributed by atoms with Crippen LogP contribution < -0.4 is 0 Å². The quantitative estimate of drug-likeness (QED) is 0.398. The van der Waals surface area contributed by atoms with Gasteiger partial charge >= 0.3 is 0 Å². The van der Waals surface area contributed by atoms with E-state index in [0.29, 0.717) is 0 Å². The van der Waals surface area contributed by atoms with Gasteiger partial charge in [-0.1, -0.05) is 19.3 Å². The third-order valence-electron chi connectivity index (χ3n) is 1.47. The summed E-state index contributed by atoms with van der Waals surface area (Å²) in [6.07, 6.45) is 11.3. The third kappa shape index (κ3) is 7.52. The highest BCUT2D eigenvalue weighted by Gasteiger charge is 1.87. The van der Waals surface area contributed by atoms with Crippen LogP contribution in [-0.2, 0) is 5.11 Å². The molecule has 0 aromatic carbocycles. The molecule has 57 valence electrons. The van der Waals surface area contributed by atoms with Crippen LogP contribution in [0.3, 0.4) is 0 Å². The van der Waals surface area contributed by atoms with Crippen molar-refractivity contribution in [1.82, 2.24) is 0 Å². The molecule has 0 rings (SSSR count). The molecule has 10 heavy (non-hydrogen) atoms. The number of terminal acetylenes is 1. The van der Waals surface area contributed by atoms with E-state index in [2.05, 4.69) is 5.92 Å². The minimum Gasteiger partial charge on any atom is -0.237 e. The SMILES string of the molecule is C#CCCCCCCC[O]. The smallest absolute Gasteiger partial charge is 0.0822 e. The molecule has 0 heterocycles. The number of hydrogen-bond acceptors (Lipinski definition) is 0. The van der Waals surface area contributed by atoms with Gasteiger partial charge < -0.3 is 0 Å². The molecule has 0 aliphatic carbocycles. The summed E-state index contributed by atoms with van der Waals surface area (Å²) in [5, 5.41) is 9.99. The Morgan fingerprint density at radius 1 is 1.00 bits per heavy atom. The minimum absolute atomic E-state index is 0.0785. The van der Waals surface area contributed by atoms with Crippen molar-refractivity contribution in [2.24, 2.45) is 0 Å². The van der Waals surface area contributed by atoms with Crippen LogP contribution in [0.25, 0.3) is 0 Å². The van der Waals surface area contributed by atoms with Gasteiger partial charge in [0.05, 0.1) is 6.61 Å². The lowest BCUT2D eigenvalue weighted by Crippen LogP contribution is -1.81. The highest BCUT2D eigenvalue weighted by molar-refractivity contribution is 4.82. The van der Waals surface area contributed by atoms with Crippen molar-refractivity contribution in [3.63, 3.8) is 0 Å². The first kappa shape index (κ1) is 9.52. The number of hydrogen-bond donors (Lipinski definition) is 0. The molecule has 0 unspecified atom stereocenters. The Hall–Kier alpha value is -0.480. The zero-order valence-electron chi connectivity index (χ0n) is 6.44. The van der Waals surface area contributed by atoms with E-state index in [1.807, 2.05) is 0 Å². The second-order valence-corrected chi connectivity index (χ2v) is 2.43. The summed E-state index contributed by atoms with van der Waals surface area (Å²) in [7, 11) is 0. The van der Waals surface area contributed by atoms with E-state index < -0.39 is 0 Å². The molecule has 1 heteroatoms. The Morgan fingerprint density at radius 3 is 2.20 bits per heavy atom. The molecular weight excluding hydrogens is 124 g/mol. The molecule has 0 aromatic heterocycles. The molecule has 0 N–H and O–H groups in total. The van der Waals surface area contributed by atoms with Crippen LogP contribution in [0.15, 0.2) is 0 Å². The van der Waals surface area contributed by atoms with Crippen LogP contribution in [0.2, 0.25) is 0 Å². The number of rotatable bonds is 6. The molecule has 0 bridgehead atoms. The fourth-order valence-electron chi connectivity index (χ4n) is 0.859. The van der Waals surface area contributed by atoms with Gasteiger partial charge in [0, 0.05) is 6.42 Å². The number of unbranched alkanes of at least 4 members (excludes halogenated alkanes) is 5. The average molecular weight is 139 g/mol. The predicted octanol–water partition coefficient (Wildman–Crippen LogP) is 2.39. The van der Waals surface area contributed by atoms with Gasteiger partial charge in [0.1, 0.15) is 0 Å². The fraction of sp³-hybridized carbons (Fsp3) is 0.778. The monoisotopic (exact) mass is 139 g/mol. The molecule has 1 nitrogen and oxygen atoms in total. The van der Waals surface area contributed by atoms with Gasteiger partial charge in [0.2, 0.25) is 0 Å². The average Bonchev–Trinajstić information content (AvgIpc) is 1.97. The summed E-state index contributed by atoms with van der Waals surface area (Å²) in [6.45, 7) is 0.0785. The van der Waals surface area contributed by atoms with Gasteiger partial charge in [0.25, 0.3) is 0 Å². The van der Waals surface area contributed by atoms with Crippen molar-refractivity contribution in [3.8, 4) is 12.3 Å². The Morgan fingerprint density at radius 2 is 1.60 bits per heavy atom. The highest BCUT2D eigenvalue weighted by atomic mass is 16.2. The van der Waals surface area contributed by atoms with Crippen LogP contribution >= 0.6 is 0 Å². The lowest BCUT2D eigenvalue weighted by molar-refractivity contribution is 0.186. The second kappa shape index (κ2) is 8.52. The molecular formula is C9H15O. The maximum Gasteiger partial charge on any atom is 0.0822 e. The van der Waals surface area contributed by atoms with E-state index in [1.54, 1.807) is 0 Å². The van der Waals surface area contributed by atoms with Crippen LogP contribution in [0.1, 0.15) is 38.5 Å². The van der Waals surface area contributed by atoms with E-state index in [9.17, 15) is 5.11 Å². The second-order valence-electron chi connectivity index (χ2n) is 2.43. The third-order valence-corrected chi connectivity index (χ3v) is 1.47. The van der Waals surface area contributed by atoms with Crippen molar-refractivity contribution in [2.45, 2.75) is 38.5 Å². The van der Waals surface area contributed by atoms with Crippen LogP contribution in [0.4, 0.5) is 0 Å². The van der Waals surface area contributed by atoms with Gasteiger partial charge in [-0.05, 0) is 12.8 Å². The summed E-state index contributed by atoms with van der Waals surface area (Å²) in [5.41, 5.74) is 0. The molecule has 0 aliphatic heterocycles. The molecule has 0 spiro atoms. The standard InChI is InChI=1S/C9H15O/c1-2-3-4-5-6-7-8-9-10/h1H,3-9H2. The Kier molecular flexibility index (Phi) is 8.11. The van der Waals surface area contributed by atoms with E-state index in [-0.39, 0.29) is 6.61 Å². The topological polar surface area (TPSA) is 19.9 Å². The molecule has 0 aliphatic rings. The van der Waals surface area contributed by atoms with Crippen molar-refractivity contribution < 1.29 is 5.11 Å². The van der Waals surface area contributed by atoms with E-state index in [4.69, 9.17) is 6.42 Å². The predicted molar refractivity (Wildman–Crippen MR) is 42.1 cm³/mol. The molecule has 0 saturated carbocycles. The van der Waals surface area contributed by atoms with Gasteiger partial charge in [-0.15, -0.1) is 12.3 Å². The van der Waals surface area contributed by atoms with Crippen LogP contribution in [0.5, 0.6) is 0 Å². The summed E-state index contributed by atoms with van der Waals surface area (Å²) in [4.78, 5) is 0. The zero-order valence-corrected chi connectivity index (χ0v) is 6.44. The minimum atomic E-state index is 0.0785. The van der Waals surface area contributed by atoms with Crippen molar-refractivity contribution in [2.75, 3.05) is 6.61 Å². The first-order valence-corrected chi connectivity index (χ1v) is 3.93. The van der Waals surface area contributed by atoms with Gasteiger partial charge in [-0.3, -0.25) is 0 Å². The maximum absolute atomic E-state index is 9.99. The normalized spacial score (nSPS) is 9.20. The Balaban J connectivity index is 2.72. The van der Waals surface area contributed by atoms with Crippen molar-refractivity contribution in [3.05, 3.63) is 0 Å². The first-order chi connectivity index (χ1) is 4.91. The largest absolute Gasteiger partial charge is 0.237 e. The summed E-state index contributed by atoms with van der Waals surface area (Å²) >= 11 is 0. The Labute approximate surface area is 63.5 Å². The van der Waals surface area contributed by atoms with Crippen LogP contribution in [0, 0.1) is 12.3 Å². The first-order valence-electron chi connectivity index (χ1n) is 3.93. The summed E-state index contributed by atoms with van der Waals surface area (Å²) < 4.78 is 0. The summed E-state index contributed by atoms with van der Waals surface area (Å²) in [5.74, 6) is 2.60. The lowest BCUT2D eigenvalue weighted by atomic mass is 10.1. The Bertz CT molecular complexity index is 91.4. The molecule has 0 fully saturated rings. The van der Waals surface area contributed by atoms with Gasteiger partial charge in [-0.25, -0.2) is 5.11 Å². The zero-order chi connectivity index (χ0) is 7.66. The maximum atomic E-state index is 9.99. The van der Waals surface area contributed by atoms with E-state index in [1.165, 1.54) is 12.8 Å². The highest BCUT2D eigenvalue weighted by Crippen LogP contribution is 2.03. The van der Waals surface area contributed by atoms with E-state index in [0.717, 1.165) is 25.7 Å². The van der Waals surface area contributed by atoms with Gasteiger partial charge in [-0.2, -0.15) is 0 Å². The van der Waals surface area contributed by atoms with Crippen molar-refractivity contribution >= 4 is 0 Å². The van der Waals surface area contributed by atoms with Crippen LogP contribution in [-0.4, -0.2) is 6.61 Å². The van der Waals surface area contributed by atoms with Gasteiger partial charge in [0.15, 0.2) is 0 Å².